The zero-order valence-electron chi connectivity index (χ0n) is 18.6. The van der Waals surface area contributed by atoms with E-state index in [-0.39, 0.29) is 17.6 Å². The van der Waals surface area contributed by atoms with E-state index in [0.29, 0.717) is 29.4 Å². The Balaban J connectivity index is 1.70. The van der Waals surface area contributed by atoms with Crippen molar-refractivity contribution in [1.82, 2.24) is 29.7 Å². The van der Waals surface area contributed by atoms with Crippen molar-refractivity contribution >= 4 is 27.6 Å². The average molecular weight is 512 g/mol. The summed E-state index contributed by atoms with van der Waals surface area (Å²) in [6.07, 6.45) is 2.71. The first-order valence-electron chi connectivity index (χ1n) is 10.3. The molecule has 1 aliphatic carbocycles. The molecule has 0 radical (unpaired) electrons. The van der Waals surface area contributed by atoms with Crippen molar-refractivity contribution in [3.63, 3.8) is 0 Å². The Hall–Kier alpha value is -2.90. The van der Waals surface area contributed by atoms with Gasteiger partial charge >= 0.3 is 0 Å². The number of nitrogens with one attached hydrogen (secondary N) is 1. The van der Waals surface area contributed by atoms with Gasteiger partial charge in [0.15, 0.2) is 11.6 Å². The Kier molecular flexibility index (Phi) is 6.69. The maximum absolute atomic E-state index is 14.1. The number of ether oxygens (including phenoxy) is 2. The van der Waals surface area contributed by atoms with Crippen LogP contribution in [0.5, 0.6) is 5.88 Å². The summed E-state index contributed by atoms with van der Waals surface area (Å²) in [7, 11) is -1.28. The third kappa shape index (κ3) is 4.55. The van der Waals surface area contributed by atoms with Crippen LogP contribution in [0, 0.1) is 0 Å². The van der Waals surface area contributed by atoms with E-state index in [1.807, 2.05) is 0 Å². The fraction of sp³-hybridized carbons (Fsp3) is 0.450. The van der Waals surface area contributed by atoms with E-state index in [1.54, 1.807) is 18.2 Å². The van der Waals surface area contributed by atoms with Crippen LogP contribution in [0.25, 0.3) is 11.5 Å². The molecule has 14 heteroatoms. The van der Waals surface area contributed by atoms with E-state index in [4.69, 9.17) is 21.1 Å². The molecule has 182 valence electrons. The predicted octanol–water partition coefficient (Wildman–Crippen LogP) is 2.77. The standard InChI is InChI=1S/C20H23ClFN7O4S/c1-12(16(33-3)17-23-9-13(21)10-24-17)34(30,31)28-19-27-26-18(29(19)20(11-22)7-8-20)14-5-4-6-15(25-14)32-2/h4-6,9-10,12,16H,7-8,11H2,1-3H3,(H,27,28)/t12-,16-/m0/s1. The lowest BCUT2D eigenvalue weighted by molar-refractivity contribution is 0.0950. The molecule has 0 saturated heterocycles. The van der Waals surface area contributed by atoms with Gasteiger partial charge in [0.25, 0.3) is 0 Å². The molecule has 2 atom stereocenters. The minimum absolute atomic E-state index is 0.117. The van der Waals surface area contributed by atoms with Crippen LogP contribution in [-0.2, 0) is 20.3 Å². The highest BCUT2D eigenvalue weighted by Crippen LogP contribution is 2.47. The molecule has 0 spiro atoms. The number of nitrogens with zero attached hydrogens (tertiary/aromatic N) is 6. The van der Waals surface area contributed by atoms with Crippen LogP contribution < -0.4 is 9.46 Å². The lowest BCUT2D eigenvalue weighted by atomic mass is 10.2. The Morgan fingerprint density at radius 1 is 1.24 bits per heavy atom. The maximum Gasteiger partial charge on any atom is 0.240 e. The monoisotopic (exact) mass is 511 g/mol. The van der Waals surface area contributed by atoms with Crippen LogP contribution in [0.1, 0.15) is 31.7 Å². The van der Waals surface area contributed by atoms with Crippen molar-refractivity contribution in [2.75, 3.05) is 25.6 Å². The van der Waals surface area contributed by atoms with Gasteiger partial charge in [0, 0.05) is 25.6 Å². The molecular formula is C20H23ClFN7O4S. The average Bonchev–Trinajstić information content (AvgIpc) is 3.53. The summed E-state index contributed by atoms with van der Waals surface area (Å²) in [5, 5.41) is 7.32. The molecule has 4 rings (SSSR count). The van der Waals surface area contributed by atoms with E-state index in [1.165, 1.54) is 38.1 Å². The summed E-state index contributed by atoms with van der Waals surface area (Å²) < 4.78 is 55.1. The van der Waals surface area contributed by atoms with Crippen LogP contribution in [-0.4, -0.2) is 64.3 Å². The second-order valence-electron chi connectivity index (χ2n) is 7.87. The fourth-order valence-corrected chi connectivity index (χ4v) is 4.77. The maximum atomic E-state index is 14.1. The Labute approximate surface area is 200 Å². The van der Waals surface area contributed by atoms with E-state index < -0.39 is 33.6 Å². The predicted molar refractivity (Wildman–Crippen MR) is 122 cm³/mol. The van der Waals surface area contributed by atoms with Crippen molar-refractivity contribution in [1.29, 1.82) is 0 Å². The molecule has 3 aromatic heterocycles. The van der Waals surface area contributed by atoms with Crippen molar-refractivity contribution in [3.8, 4) is 17.4 Å². The molecular weight excluding hydrogens is 489 g/mol. The number of rotatable bonds is 10. The van der Waals surface area contributed by atoms with Gasteiger partial charge in [-0.05, 0) is 25.8 Å². The smallest absolute Gasteiger partial charge is 0.240 e. The normalized spacial score (nSPS) is 16.6. The summed E-state index contributed by atoms with van der Waals surface area (Å²) >= 11 is 5.83. The zero-order chi connectivity index (χ0) is 24.5. The number of methoxy groups -OCH3 is 2. The Morgan fingerprint density at radius 2 is 1.94 bits per heavy atom. The molecule has 3 heterocycles. The van der Waals surface area contributed by atoms with Crippen molar-refractivity contribution in [2.45, 2.75) is 36.7 Å². The summed E-state index contributed by atoms with van der Waals surface area (Å²) in [5.41, 5.74) is -0.584. The Bertz CT molecular complexity index is 1270. The van der Waals surface area contributed by atoms with Gasteiger partial charge in [-0.15, -0.1) is 10.2 Å². The minimum atomic E-state index is -4.11. The van der Waals surface area contributed by atoms with Crippen molar-refractivity contribution in [3.05, 3.63) is 41.4 Å². The lowest BCUT2D eigenvalue weighted by Crippen LogP contribution is -2.34. The van der Waals surface area contributed by atoms with Gasteiger partial charge in [0.1, 0.15) is 23.7 Å². The van der Waals surface area contributed by atoms with Gasteiger partial charge in [-0.2, -0.15) is 0 Å². The summed E-state index contributed by atoms with van der Waals surface area (Å²) in [5.74, 6) is 0.589. The van der Waals surface area contributed by atoms with Crippen LogP contribution in [0.4, 0.5) is 10.3 Å². The highest BCUT2D eigenvalue weighted by atomic mass is 35.5. The van der Waals surface area contributed by atoms with Crippen LogP contribution in [0.3, 0.4) is 0 Å². The number of pyridine rings is 1. The molecule has 3 aromatic rings. The first kappa shape index (κ1) is 24.2. The molecule has 1 fully saturated rings. The summed E-state index contributed by atoms with van der Waals surface area (Å²) in [4.78, 5) is 12.5. The first-order valence-corrected chi connectivity index (χ1v) is 12.2. The highest BCUT2D eigenvalue weighted by molar-refractivity contribution is 7.93. The number of sulfonamides is 1. The number of alkyl halides is 1. The molecule has 11 nitrogen and oxygen atoms in total. The molecule has 1 N–H and O–H groups in total. The van der Waals surface area contributed by atoms with Gasteiger partial charge in [-0.3, -0.25) is 9.29 Å². The summed E-state index contributed by atoms with van der Waals surface area (Å²) in [6, 6.07) is 5.02. The van der Waals surface area contributed by atoms with E-state index >= 15 is 0 Å². The Morgan fingerprint density at radius 3 is 2.53 bits per heavy atom. The first-order chi connectivity index (χ1) is 16.2. The van der Waals surface area contributed by atoms with Gasteiger partial charge in [0.2, 0.25) is 21.9 Å². The third-order valence-corrected chi connectivity index (χ3v) is 7.56. The number of anilines is 1. The number of hydrogen-bond acceptors (Lipinski definition) is 9. The highest BCUT2D eigenvalue weighted by Gasteiger charge is 2.49. The quantitative estimate of drug-likeness (QED) is 0.436. The van der Waals surface area contributed by atoms with E-state index in [2.05, 4.69) is 29.9 Å². The molecule has 0 amide bonds. The van der Waals surface area contributed by atoms with Crippen LogP contribution in [0.15, 0.2) is 30.6 Å². The number of hydrogen-bond donors (Lipinski definition) is 1. The van der Waals surface area contributed by atoms with Gasteiger partial charge < -0.3 is 9.47 Å². The van der Waals surface area contributed by atoms with Crippen molar-refractivity contribution in [2.24, 2.45) is 0 Å². The largest absolute Gasteiger partial charge is 0.481 e. The zero-order valence-corrected chi connectivity index (χ0v) is 20.2. The van der Waals surface area contributed by atoms with Gasteiger partial charge in [0.05, 0.1) is 17.7 Å². The van der Waals surface area contributed by atoms with Crippen LogP contribution in [0.2, 0.25) is 5.02 Å². The molecule has 0 unspecified atom stereocenters. The van der Waals surface area contributed by atoms with Crippen LogP contribution >= 0.6 is 11.6 Å². The van der Waals surface area contributed by atoms with Gasteiger partial charge in [-0.25, -0.2) is 27.8 Å². The number of aromatic nitrogens is 6. The third-order valence-electron chi connectivity index (χ3n) is 5.67. The summed E-state index contributed by atoms with van der Waals surface area (Å²) in [6.45, 7) is 0.730. The second-order valence-corrected chi connectivity index (χ2v) is 10.3. The molecule has 0 bridgehead atoms. The molecule has 0 aromatic carbocycles. The molecule has 1 aliphatic rings. The minimum Gasteiger partial charge on any atom is -0.481 e. The lowest BCUT2D eigenvalue weighted by Gasteiger charge is -2.23. The second kappa shape index (κ2) is 9.39. The van der Waals surface area contributed by atoms with E-state index in [9.17, 15) is 12.8 Å². The van der Waals surface area contributed by atoms with E-state index in [0.717, 1.165) is 0 Å². The van der Waals surface area contributed by atoms with Gasteiger partial charge in [-0.1, -0.05) is 17.7 Å². The molecule has 1 saturated carbocycles. The SMILES string of the molecule is COc1cccc(-c2nnc(NS(=O)(=O)[C@@H](C)[C@H](OC)c3ncc(Cl)cn3)n2C2(CF)CC2)n1. The van der Waals surface area contributed by atoms with Crippen molar-refractivity contribution < 1.29 is 22.3 Å². The number of halogens is 2. The molecule has 0 aliphatic heterocycles. The fourth-order valence-electron chi connectivity index (χ4n) is 3.54. The molecule has 34 heavy (non-hydrogen) atoms. The topological polar surface area (TPSA) is 134 Å².